The average molecular weight is 226 g/mol. The van der Waals surface area contributed by atoms with Gasteiger partial charge in [-0.2, -0.15) is 0 Å². The molecule has 0 radical (unpaired) electrons. The molecule has 0 atom stereocenters. The molecule has 0 aliphatic heterocycles. The molecule has 2 nitrogen and oxygen atoms in total. The minimum atomic E-state index is 0.499. The molecule has 0 aromatic carbocycles. The summed E-state index contributed by atoms with van der Waals surface area (Å²) in [5.74, 6) is 0.955. The summed E-state index contributed by atoms with van der Waals surface area (Å²) in [5.41, 5.74) is 5.94. The van der Waals surface area contributed by atoms with Crippen LogP contribution < -0.4 is 5.73 Å². The van der Waals surface area contributed by atoms with E-state index in [1.54, 1.807) is 0 Å². The van der Waals surface area contributed by atoms with Crippen LogP contribution in [0, 0.1) is 5.92 Å². The van der Waals surface area contributed by atoms with Crippen LogP contribution >= 0.6 is 0 Å². The number of rotatable bonds is 7. The van der Waals surface area contributed by atoms with Crippen molar-refractivity contribution in [1.29, 1.82) is 0 Å². The van der Waals surface area contributed by atoms with Crippen LogP contribution in [0.1, 0.15) is 58.8 Å². The van der Waals surface area contributed by atoms with Gasteiger partial charge in [-0.1, -0.05) is 13.8 Å². The molecule has 16 heavy (non-hydrogen) atoms. The minimum Gasteiger partial charge on any atom is -0.328 e. The molecule has 0 heterocycles. The van der Waals surface area contributed by atoms with Gasteiger partial charge in [-0.25, -0.2) is 0 Å². The second kappa shape index (κ2) is 8.08. The molecule has 0 saturated heterocycles. The third-order valence-corrected chi connectivity index (χ3v) is 3.82. The Bertz CT molecular complexity index is 156. The molecule has 0 amide bonds. The van der Waals surface area contributed by atoms with Crippen molar-refractivity contribution in [3.05, 3.63) is 0 Å². The Balaban J connectivity index is 2.15. The van der Waals surface area contributed by atoms with Gasteiger partial charge >= 0.3 is 0 Å². The Kier molecular flexibility index (Phi) is 7.06. The summed E-state index contributed by atoms with van der Waals surface area (Å²) in [6.07, 6.45) is 9.22. The van der Waals surface area contributed by atoms with Gasteiger partial charge in [0.2, 0.25) is 0 Å². The predicted octanol–water partition coefficient (Wildman–Crippen LogP) is 3.02. The fourth-order valence-electron chi connectivity index (χ4n) is 2.81. The van der Waals surface area contributed by atoms with Crippen molar-refractivity contribution in [3.63, 3.8) is 0 Å². The molecule has 1 fully saturated rings. The van der Waals surface area contributed by atoms with Gasteiger partial charge in [0.15, 0.2) is 0 Å². The van der Waals surface area contributed by atoms with Crippen molar-refractivity contribution in [3.8, 4) is 0 Å². The Labute approximate surface area is 102 Å². The molecule has 1 saturated carbocycles. The van der Waals surface area contributed by atoms with E-state index in [0.717, 1.165) is 5.92 Å². The van der Waals surface area contributed by atoms with E-state index in [4.69, 9.17) is 5.73 Å². The third-order valence-electron chi connectivity index (χ3n) is 3.82. The molecule has 0 aromatic heterocycles. The fraction of sp³-hybridized carbons (Fsp3) is 1.00. The first-order valence-electron chi connectivity index (χ1n) is 7.24. The lowest BCUT2D eigenvalue weighted by atomic mass is 9.84. The lowest BCUT2D eigenvalue weighted by Gasteiger charge is -2.28. The van der Waals surface area contributed by atoms with E-state index >= 15 is 0 Å². The van der Waals surface area contributed by atoms with Gasteiger partial charge in [-0.05, 0) is 70.5 Å². The monoisotopic (exact) mass is 226 g/mol. The van der Waals surface area contributed by atoms with Gasteiger partial charge in [0.1, 0.15) is 0 Å². The second-order valence-electron chi connectivity index (χ2n) is 5.41. The topological polar surface area (TPSA) is 29.3 Å². The highest BCUT2D eigenvalue weighted by atomic mass is 15.1. The van der Waals surface area contributed by atoms with E-state index in [9.17, 15) is 0 Å². The first-order valence-corrected chi connectivity index (χ1v) is 7.24. The Morgan fingerprint density at radius 3 is 2.00 bits per heavy atom. The minimum absolute atomic E-state index is 0.499. The van der Waals surface area contributed by atoms with Crippen molar-refractivity contribution >= 4 is 0 Å². The Hall–Kier alpha value is -0.0800. The van der Waals surface area contributed by atoms with Crippen molar-refractivity contribution in [2.24, 2.45) is 11.7 Å². The molecule has 2 N–H and O–H groups in total. The van der Waals surface area contributed by atoms with E-state index in [-0.39, 0.29) is 0 Å². The van der Waals surface area contributed by atoms with E-state index in [2.05, 4.69) is 18.7 Å². The van der Waals surface area contributed by atoms with Gasteiger partial charge in [-0.15, -0.1) is 0 Å². The maximum Gasteiger partial charge on any atom is 0.00390 e. The second-order valence-corrected chi connectivity index (χ2v) is 5.41. The summed E-state index contributed by atoms with van der Waals surface area (Å²) in [7, 11) is 0. The van der Waals surface area contributed by atoms with Crippen LogP contribution in [-0.2, 0) is 0 Å². The number of nitrogens with two attached hydrogens (primary N) is 1. The Morgan fingerprint density at radius 1 is 0.938 bits per heavy atom. The fourth-order valence-corrected chi connectivity index (χ4v) is 2.81. The maximum atomic E-state index is 5.94. The summed E-state index contributed by atoms with van der Waals surface area (Å²) in [6, 6.07) is 0.499. The molecule has 0 unspecified atom stereocenters. The van der Waals surface area contributed by atoms with Gasteiger partial charge in [0.25, 0.3) is 0 Å². The quantitative estimate of drug-likeness (QED) is 0.723. The highest BCUT2D eigenvalue weighted by Crippen LogP contribution is 2.25. The number of hydrogen-bond donors (Lipinski definition) is 1. The molecule has 0 aromatic rings. The normalized spacial score (nSPS) is 26.2. The van der Waals surface area contributed by atoms with Crippen LogP contribution in [0.3, 0.4) is 0 Å². The first-order chi connectivity index (χ1) is 7.76. The zero-order valence-corrected chi connectivity index (χ0v) is 11.3. The maximum absolute atomic E-state index is 5.94. The predicted molar refractivity (Wildman–Crippen MR) is 71.6 cm³/mol. The molecule has 0 bridgehead atoms. The molecular weight excluding hydrogens is 196 g/mol. The molecule has 1 rings (SSSR count). The molecule has 96 valence electrons. The smallest absolute Gasteiger partial charge is 0.00390 e. The highest BCUT2D eigenvalue weighted by molar-refractivity contribution is 4.75. The van der Waals surface area contributed by atoms with Gasteiger partial charge in [0, 0.05) is 6.04 Å². The van der Waals surface area contributed by atoms with Gasteiger partial charge < -0.3 is 10.6 Å². The van der Waals surface area contributed by atoms with Crippen LogP contribution in [0.25, 0.3) is 0 Å². The average Bonchev–Trinajstić information content (AvgIpc) is 2.29. The zero-order chi connectivity index (χ0) is 11.8. The van der Waals surface area contributed by atoms with Crippen LogP contribution in [0.15, 0.2) is 0 Å². The Morgan fingerprint density at radius 2 is 1.50 bits per heavy atom. The summed E-state index contributed by atoms with van der Waals surface area (Å²) in [4.78, 5) is 2.63. The SMILES string of the molecule is CCCN(CCC)CCC1CCC(N)CC1. The molecule has 1 aliphatic rings. The van der Waals surface area contributed by atoms with E-state index in [1.165, 1.54) is 64.6 Å². The van der Waals surface area contributed by atoms with E-state index in [0.29, 0.717) is 6.04 Å². The first kappa shape index (κ1) is 14.0. The summed E-state index contributed by atoms with van der Waals surface area (Å²) >= 11 is 0. The summed E-state index contributed by atoms with van der Waals surface area (Å²) in [6.45, 7) is 8.42. The largest absolute Gasteiger partial charge is 0.328 e. The van der Waals surface area contributed by atoms with Crippen molar-refractivity contribution < 1.29 is 0 Å². The van der Waals surface area contributed by atoms with Crippen molar-refractivity contribution in [2.75, 3.05) is 19.6 Å². The van der Waals surface area contributed by atoms with Crippen LogP contribution in [0.4, 0.5) is 0 Å². The van der Waals surface area contributed by atoms with Gasteiger partial charge in [0.05, 0.1) is 0 Å². The summed E-state index contributed by atoms with van der Waals surface area (Å²) in [5, 5.41) is 0. The lowest BCUT2D eigenvalue weighted by Crippen LogP contribution is -2.31. The van der Waals surface area contributed by atoms with E-state index in [1.807, 2.05) is 0 Å². The zero-order valence-electron chi connectivity index (χ0n) is 11.3. The van der Waals surface area contributed by atoms with Crippen LogP contribution in [-0.4, -0.2) is 30.6 Å². The number of hydrogen-bond acceptors (Lipinski definition) is 2. The van der Waals surface area contributed by atoms with Gasteiger partial charge in [-0.3, -0.25) is 0 Å². The van der Waals surface area contributed by atoms with Crippen molar-refractivity contribution in [2.45, 2.75) is 64.8 Å². The third kappa shape index (κ3) is 5.31. The molecule has 0 spiro atoms. The van der Waals surface area contributed by atoms with Crippen molar-refractivity contribution in [1.82, 2.24) is 4.90 Å². The van der Waals surface area contributed by atoms with E-state index < -0.39 is 0 Å². The molecule has 2 heteroatoms. The molecule has 1 aliphatic carbocycles. The standard InChI is InChI=1S/C14H30N2/c1-3-10-16(11-4-2)12-9-13-5-7-14(15)8-6-13/h13-14H,3-12,15H2,1-2H3. The van der Waals surface area contributed by atoms with Crippen LogP contribution in [0.5, 0.6) is 0 Å². The highest BCUT2D eigenvalue weighted by Gasteiger charge is 2.18. The molecular formula is C14H30N2. The lowest BCUT2D eigenvalue weighted by molar-refractivity contribution is 0.226. The van der Waals surface area contributed by atoms with Crippen LogP contribution in [0.2, 0.25) is 0 Å². The number of nitrogens with zero attached hydrogens (tertiary/aromatic N) is 1. The summed E-state index contributed by atoms with van der Waals surface area (Å²) < 4.78 is 0.